The zero-order valence-corrected chi connectivity index (χ0v) is 13.9. The zero-order chi connectivity index (χ0) is 13.5. The molecule has 0 N–H and O–H groups in total. The quantitative estimate of drug-likeness (QED) is 0.704. The van der Waals surface area contributed by atoms with Gasteiger partial charge in [-0.15, -0.1) is 11.3 Å². The molecule has 1 fully saturated rings. The fourth-order valence-corrected chi connectivity index (χ4v) is 4.28. The number of rotatable bonds is 2. The second-order valence-corrected chi connectivity index (χ2v) is 8.23. The summed E-state index contributed by atoms with van der Waals surface area (Å²) in [6.45, 7) is 8.19. The molecule has 1 aliphatic rings. The molecule has 1 aromatic heterocycles. The van der Waals surface area contributed by atoms with Crippen molar-refractivity contribution in [2.24, 2.45) is 5.41 Å². The van der Waals surface area contributed by atoms with Gasteiger partial charge in [-0.3, -0.25) is 4.90 Å². The van der Waals surface area contributed by atoms with Crippen molar-refractivity contribution in [1.82, 2.24) is 4.90 Å². The minimum Gasteiger partial charge on any atom is -0.298 e. The molecule has 1 saturated heterocycles. The van der Waals surface area contributed by atoms with Gasteiger partial charge in [0.15, 0.2) is 0 Å². The van der Waals surface area contributed by atoms with Crippen LogP contribution >= 0.6 is 27.3 Å². The lowest BCUT2D eigenvalue weighted by Gasteiger charge is -2.41. The van der Waals surface area contributed by atoms with Gasteiger partial charge in [0.25, 0.3) is 0 Å². The molecule has 0 amide bonds. The summed E-state index contributed by atoms with van der Waals surface area (Å²) in [6, 6.07) is 8.75. The number of piperidine rings is 1. The van der Waals surface area contributed by atoms with E-state index in [4.69, 9.17) is 0 Å². The number of benzene rings is 1. The molecule has 2 heterocycles. The van der Waals surface area contributed by atoms with Gasteiger partial charge in [0.2, 0.25) is 0 Å². The average Bonchev–Trinajstić information content (AvgIpc) is 2.77. The topological polar surface area (TPSA) is 3.24 Å². The van der Waals surface area contributed by atoms with E-state index in [1.54, 1.807) is 0 Å². The summed E-state index contributed by atoms with van der Waals surface area (Å²) in [5.74, 6) is 0. The Morgan fingerprint density at radius 1 is 1.37 bits per heavy atom. The van der Waals surface area contributed by atoms with Crippen molar-refractivity contribution in [2.75, 3.05) is 13.1 Å². The summed E-state index contributed by atoms with van der Waals surface area (Å²) in [5.41, 5.74) is 1.86. The number of hydrogen-bond acceptors (Lipinski definition) is 2. The van der Waals surface area contributed by atoms with E-state index < -0.39 is 0 Å². The summed E-state index contributed by atoms with van der Waals surface area (Å²) in [5, 5.41) is 3.77. The Labute approximate surface area is 127 Å². The molecule has 1 aromatic carbocycles. The third kappa shape index (κ3) is 2.74. The van der Waals surface area contributed by atoms with Gasteiger partial charge in [-0.05, 0) is 40.8 Å². The van der Waals surface area contributed by atoms with Gasteiger partial charge in [0.1, 0.15) is 0 Å². The lowest BCUT2D eigenvalue weighted by molar-refractivity contribution is 0.121. The molecule has 1 unspecified atom stereocenters. The summed E-state index contributed by atoms with van der Waals surface area (Å²) >= 11 is 5.70. The Kier molecular flexibility index (Phi) is 3.71. The molecule has 1 nitrogen and oxygen atoms in total. The van der Waals surface area contributed by atoms with Crippen LogP contribution in [-0.4, -0.2) is 22.8 Å². The molecule has 0 spiro atoms. The van der Waals surface area contributed by atoms with Gasteiger partial charge >= 0.3 is 0 Å². The molecule has 0 aliphatic carbocycles. The first-order valence-electron chi connectivity index (χ1n) is 6.88. The van der Waals surface area contributed by atoms with Crippen molar-refractivity contribution in [3.8, 4) is 0 Å². The molecule has 1 aliphatic heterocycles. The number of alkyl halides is 1. The molecule has 1 atom stereocenters. The van der Waals surface area contributed by atoms with Gasteiger partial charge in [-0.2, -0.15) is 0 Å². The van der Waals surface area contributed by atoms with Crippen LogP contribution in [0.5, 0.6) is 0 Å². The summed E-state index contributed by atoms with van der Waals surface area (Å²) in [7, 11) is 0. The van der Waals surface area contributed by atoms with E-state index in [0.29, 0.717) is 10.2 Å². The maximum absolute atomic E-state index is 3.83. The molecular weight excluding hydrogens is 318 g/mol. The van der Waals surface area contributed by atoms with Crippen LogP contribution in [0.1, 0.15) is 25.8 Å². The molecule has 0 saturated carbocycles. The zero-order valence-electron chi connectivity index (χ0n) is 11.5. The van der Waals surface area contributed by atoms with Gasteiger partial charge in [-0.1, -0.05) is 48.0 Å². The lowest BCUT2D eigenvalue weighted by Crippen LogP contribution is -2.45. The molecule has 3 heteroatoms. The van der Waals surface area contributed by atoms with Gasteiger partial charge in [0, 0.05) is 22.6 Å². The molecule has 19 heavy (non-hydrogen) atoms. The minimum absolute atomic E-state index is 0.365. The van der Waals surface area contributed by atoms with Crippen LogP contribution in [0.2, 0.25) is 0 Å². The van der Waals surface area contributed by atoms with Gasteiger partial charge in [-0.25, -0.2) is 0 Å². The fourth-order valence-electron chi connectivity index (χ4n) is 2.97. The Balaban J connectivity index is 1.79. The highest BCUT2D eigenvalue weighted by Crippen LogP contribution is 2.36. The third-order valence-electron chi connectivity index (χ3n) is 4.13. The second-order valence-electron chi connectivity index (χ2n) is 6.21. The van der Waals surface area contributed by atoms with Crippen molar-refractivity contribution < 1.29 is 0 Å². The van der Waals surface area contributed by atoms with Crippen molar-refractivity contribution in [1.29, 1.82) is 0 Å². The van der Waals surface area contributed by atoms with E-state index >= 15 is 0 Å². The van der Waals surface area contributed by atoms with Crippen LogP contribution in [0.4, 0.5) is 0 Å². The molecule has 3 rings (SSSR count). The predicted octanol–water partition coefficient (Wildman–Crippen LogP) is 4.90. The van der Waals surface area contributed by atoms with E-state index in [1.807, 2.05) is 11.3 Å². The number of halogens is 1. The SMILES string of the molecule is CC1(C)CN(Cc2csc3ccccc23)CCC1Br. The van der Waals surface area contributed by atoms with Crippen LogP contribution in [0.3, 0.4) is 0 Å². The molecule has 102 valence electrons. The smallest absolute Gasteiger partial charge is 0.0346 e. The highest BCUT2D eigenvalue weighted by atomic mass is 79.9. The fraction of sp³-hybridized carbons (Fsp3) is 0.500. The number of thiophene rings is 1. The van der Waals surface area contributed by atoms with Crippen LogP contribution in [0.25, 0.3) is 10.1 Å². The average molecular weight is 338 g/mol. The van der Waals surface area contributed by atoms with E-state index in [0.717, 1.165) is 6.54 Å². The molecule has 0 bridgehead atoms. The molecular formula is C16H20BrNS. The van der Waals surface area contributed by atoms with Crippen molar-refractivity contribution in [3.05, 3.63) is 35.2 Å². The van der Waals surface area contributed by atoms with Crippen LogP contribution in [0, 0.1) is 5.41 Å². The van der Waals surface area contributed by atoms with Crippen LogP contribution in [-0.2, 0) is 6.54 Å². The van der Waals surface area contributed by atoms with E-state index in [2.05, 4.69) is 64.3 Å². The first-order valence-corrected chi connectivity index (χ1v) is 8.67. The predicted molar refractivity (Wildman–Crippen MR) is 88.2 cm³/mol. The maximum Gasteiger partial charge on any atom is 0.0346 e. The minimum atomic E-state index is 0.365. The summed E-state index contributed by atoms with van der Waals surface area (Å²) in [6.07, 6.45) is 1.25. The number of hydrogen-bond donors (Lipinski definition) is 0. The Morgan fingerprint density at radius 3 is 2.95 bits per heavy atom. The first-order chi connectivity index (χ1) is 9.06. The molecule has 0 radical (unpaired) electrons. The summed E-state index contributed by atoms with van der Waals surface area (Å²) in [4.78, 5) is 3.25. The monoisotopic (exact) mass is 337 g/mol. The maximum atomic E-state index is 3.83. The number of fused-ring (bicyclic) bond motifs is 1. The highest BCUT2D eigenvalue weighted by molar-refractivity contribution is 9.09. The Morgan fingerprint density at radius 2 is 2.16 bits per heavy atom. The highest BCUT2D eigenvalue weighted by Gasteiger charge is 2.34. The van der Waals surface area contributed by atoms with Crippen molar-refractivity contribution >= 4 is 37.4 Å². The van der Waals surface area contributed by atoms with Crippen LogP contribution in [0.15, 0.2) is 29.6 Å². The standard InChI is InChI=1S/C16H20BrNS/c1-16(2)11-18(8-7-15(16)17)9-12-10-19-14-6-4-3-5-13(12)14/h3-6,10,15H,7-9,11H2,1-2H3. The number of nitrogens with zero attached hydrogens (tertiary/aromatic N) is 1. The normalized spacial score (nSPS) is 23.8. The third-order valence-corrected chi connectivity index (χ3v) is 6.84. The van der Waals surface area contributed by atoms with Crippen molar-refractivity contribution in [2.45, 2.75) is 31.6 Å². The largest absolute Gasteiger partial charge is 0.298 e. The van der Waals surface area contributed by atoms with E-state index in [9.17, 15) is 0 Å². The number of likely N-dealkylation sites (tertiary alicyclic amines) is 1. The molecule has 2 aromatic rings. The van der Waals surface area contributed by atoms with Gasteiger partial charge < -0.3 is 0 Å². The van der Waals surface area contributed by atoms with Crippen LogP contribution < -0.4 is 0 Å². The van der Waals surface area contributed by atoms with Crippen molar-refractivity contribution in [3.63, 3.8) is 0 Å². The van der Waals surface area contributed by atoms with E-state index in [1.165, 1.54) is 35.2 Å². The first kappa shape index (κ1) is 13.6. The Bertz CT molecular complexity index is 575. The van der Waals surface area contributed by atoms with Gasteiger partial charge in [0.05, 0.1) is 0 Å². The van der Waals surface area contributed by atoms with E-state index in [-0.39, 0.29) is 0 Å². The lowest BCUT2D eigenvalue weighted by atomic mass is 9.84. The second kappa shape index (κ2) is 5.19. The summed E-state index contributed by atoms with van der Waals surface area (Å²) < 4.78 is 1.41. The Hall–Kier alpha value is -0.380.